The molecule has 20 heavy (non-hydrogen) atoms. The summed E-state index contributed by atoms with van der Waals surface area (Å²) in [5.74, 6) is 0.201. The van der Waals surface area contributed by atoms with Crippen molar-refractivity contribution in [3.63, 3.8) is 0 Å². The van der Waals surface area contributed by atoms with Gasteiger partial charge in [0.05, 0.1) is 5.75 Å². The molecule has 0 spiro atoms. The van der Waals surface area contributed by atoms with Gasteiger partial charge in [-0.25, -0.2) is 13.1 Å². The van der Waals surface area contributed by atoms with Crippen molar-refractivity contribution in [3.8, 4) is 0 Å². The van der Waals surface area contributed by atoms with Gasteiger partial charge in [0.15, 0.2) is 0 Å². The zero-order chi connectivity index (χ0) is 15.6. The molecule has 0 radical (unpaired) electrons. The van der Waals surface area contributed by atoms with Crippen LogP contribution in [0.1, 0.15) is 47.5 Å². The van der Waals surface area contributed by atoms with Crippen LogP contribution in [-0.2, 0) is 10.0 Å². The molecule has 0 saturated carbocycles. The van der Waals surface area contributed by atoms with E-state index in [2.05, 4.69) is 49.6 Å². The minimum Gasteiger partial charge on any atom is -0.317 e. The van der Waals surface area contributed by atoms with E-state index < -0.39 is 10.0 Å². The molecule has 0 aliphatic carbocycles. The van der Waals surface area contributed by atoms with Crippen molar-refractivity contribution in [1.82, 2.24) is 14.9 Å². The fourth-order valence-electron chi connectivity index (χ4n) is 2.20. The van der Waals surface area contributed by atoms with Crippen LogP contribution in [0.5, 0.6) is 0 Å². The first-order valence-corrected chi connectivity index (χ1v) is 9.39. The first-order chi connectivity index (χ1) is 9.30. The molecule has 0 heterocycles. The maximum atomic E-state index is 11.8. The number of rotatable bonds is 12. The third kappa shape index (κ3) is 9.69. The van der Waals surface area contributed by atoms with Gasteiger partial charge >= 0.3 is 0 Å². The molecule has 0 aliphatic rings. The van der Waals surface area contributed by atoms with Crippen LogP contribution in [0.4, 0.5) is 0 Å². The fourth-order valence-corrected chi connectivity index (χ4v) is 3.28. The lowest BCUT2D eigenvalue weighted by molar-refractivity contribution is 0.179. The van der Waals surface area contributed by atoms with E-state index in [4.69, 9.17) is 0 Å². The third-order valence-corrected chi connectivity index (χ3v) is 4.68. The van der Waals surface area contributed by atoms with Gasteiger partial charge in [-0.3, -0.25) is 4.90 Å². The molecule has 0 aromatic rings. The summed E-state index contributed by atoms with van der Waals surface area (Å²) in [6.07, 6.45) is 1.73. The molecule has 0 unspecified atom stereocenters. The second-order valence-electron chi connectivity index (χ2n) is 5.74. The molecule has 0 aliphatic heterocycles. The van der Waals surface area contributed by atoms with Crippen LogP contribution in [-0.4, -0.2) is 57.3 Å². The highest BCUT2D eigenvalue weighted by Gasteiger charge is 2.14. The highest BCUT2D eigenvalue weighted by molar-refractivity contribution is 7.89. The van der Waals surface area contributed by atoms with E-state index >= 15 is 0 Å². The van der Waals surface area contributed by atoms with E-state index in [1.54, 1.807) is 0 Å². The van der Waals surface area contributed by atoms with E-state index in [0.717, 1.165) is 26.1 Å². The predicted octanol–water partition coefficient (Wildman–Crippen LogP) is 1.41. The summed E-state index contributed by atoms with van der Waals surface area (Å²) in [6, 6.07) is 0.857. The molecule has 0 fully saturated rings. The smallest absolute Gasteiger partial charge is 0.211 e. The molecule has 0 rings (SSSR count). The second-order valence-corrected chi connectivity index (χ2v) is 7.67. The van der Waals surface area contributed by atoms with Crippen molar-refractivity contribution < 1.29 is 8.42 Å². The van der Waals surface area contributed by atoms with Crippen LogP contribution in [0, 0.1) is 0 Å². The second kappa shape index (κ2) is 10.5. The summed E-state index contributed by atoms with van der Waals surface area (Å²) in [5, 5.41) is 3.21. The van der Waals surface area contributed by atoms with E-state index in [1.807, 2.05) is 0 Å². The predicted molar refractivity (Wildman–Crippen MR) is 86.5 cm³/mol. The molecular weight excluding hydrogens is 274 g/mol. The van der Waals surface area contributed by atoms with Crippen LogP contribution < -0.4 is 10.0 Å². The van der Waals surface area contributed by atoms with E-state index in [-0.39, 0.29) is 5.75 Å². The number of hydrogen-bond donors (Lipinski definition) is 2. The zero-order valence-electron chi connectivity index (χ0n) is 13.8. The number of sulfonamides is 1. The Morgan fingerprint density at radius 2 is 1.60 bits per heavy atom. The monoisotopic (exact) mass is 307 g/mol. The quantitative estimate of drug-likeness (QED) is 0.535. The first-order valence-electron chi connectivity index (χ1n) is 7.74. The van der Waals surface area contributed by atoms with E-state index in [0.29, 0.717) is 25.0 Å². The zero-order valence-corrected chi connectivity index (χ0v) is 14.6. The molecule has 0 bridgehead atoms. The van der Waals surface area contributed by atoms with Crippen molar-refractivity contribution in [2.45, 2.75) is 59.5 Å². The van der Waals surface area contributed by atoms with Gasteiger partial charge in [-0.05, 0) is 53.6 Å². The highest BCUT2D eigenvalue weighted by atomic mass is 32.2. The Balaban J connectivity index is 3.92. The molecule has 5 nitrogen and oxygen atoms in total. The molecule has 6 heteroatoms. The van der Waals surface area contributed by atoms with Crippen molar-refractivity contribution in [3.05, 3.63) is 0 Å². The van der Waals surface area contributed by atoms with Crippen LogP contribution in [0.25, 0.3) is 0 Å². The first kappa shape index (κ1) is 19.8. The summed E-state index contributed by atoms with van der Waals surface area (Å²) >= 11 is 0. The van der Waals surface area contributed by atoms with E-state index in [1.165, 1.54) is 0 Å². The summed E-state index contributed by atoms with van der Waals surface area (Å²) in [5.41, 5.74) is 0. The number of nitrogens with zero attached hydrogens (tertiary/aromatic N) is 1. The minimum absolute atomic E-state index is 0.201. The molecular formula is C14H33N3O2S. The fraction of sp³-hybridized carbons (Fsp3) is 1.00. The Labute approximate surface area is 125 Å². The Morgan fingerprint density at radius 3 is 2.10 bits per heavy atom. The summed E-state index contributed by atoms with van der Waals surface area (Å²) < 4.78 is 26.3. The summed E-state index contributed by atoms with van der Waals surface area (Å²) in [7, 11) is -3.13. The maximum Gasteiger partial charge on any atom is 0.211 e. The summed E-state index contributed by atoms with van der Waals surface area (Å²) in [6.45, 7) is 13.6. The average molecular weight is 308 g/mol. The Morgan fingerprint density at radius 1 is 1.00 bits per heavy atom. The molecule has 0 aromatic carbocycles. The van der Waals surface area contributed by atoms with Gasteiger partial charge in [0.1, 0.15) is 0 Å². The minimum atomic E-state index is -3.13. The van der Waals surface area contributed by atoms with Crippen LogP contribution in [0.2, 0.25) is 0 Å². The molecule has 2 N–H and O–H groups in total. The van der Waals surface area contributed by atoms with Gasteiger partial charge in [0.2, 0.25) is 10.0 Å². The van der Waals surface area contributed by atoms with Crippen molar-refractivity contribution in [2.24, 2.45) is 0 Å². The Kier molecular flexibility index (Phi) is 10.5. The molecule has 0 saturated heterocycles. The lowest BCUT2D eigenvalue weighted by atomic mass is 10.2. The Bertz CT molecular complexity index is 321. The largest absolute Gasteiger partial charge is 0.317 e. The van der Waals surface area contributed by atoms with Crippen LogP contribution in [0.3, 0.4) is 0 Å². The molecule has 0 amide bonds. The van der Waals surface area contributed by atoms with Gasteiger partial charge < -0.3 is 5.32 Å². The van der Waals surface area contributed by atoms with Gasteiger partial charge in [-0.2, -0.15) is 0 Å². The van der Waals surface area contributed by atoms with Gasteiger partial charge in [-0.1, -0.05) is 6.92 Å². The normalized spacial score (nSPS) is 12.8. The lowest BCUT2D eigenvalue weighted by Crippen LogP contribution is -2.42. The van der Waals surface area contributed by atoms with Crippen molar-refractivity contribution in [1.29, 1.82) is 0 Å². The van der Waals surface area contributed by atoms with Gasteiger partial charge in [0, 0.05) is 25.2 Å². The van der Waals surface area contributed by atoms with Crippen molar-refractivity contribution >= 4 is 10.0 Å². The third-order valence-electron chi connectivity index (χ3n) is 3.21. The lowest BCUT2D eigenvalue weighted by Gasteiger charge is -2.30. The van der Waals surface area contributed by atoms with Gasteiger partial charge in [0.25, 0.3) is 0 Å². The van der Waals surface area contributed by atoms with Gasteiger partial charge in [-0.15, -0.1) is 0 Å². The topological polar surface area (TPSA) is 61.4 Å². The molecule has 0 aromatic heterocycles. The van der Waals surface area contributed by atoms with Crippen LogP contribution >= 0.6 is 0 Å². The maximum absolute atomic E-state index is 11.8. The van der Waals surface area contributed by atoms with E-state index in [9.17, 15) is 8.42 Å². The summed E-state index contributed by atoms with van der Waals surface area (Å²) in [4.78, 5) is 2.28. The van der Waals surface area contributed by atoms with Crippen molar-refractivity contribution in [2.75, 3.05) is 31.9 Å². The highest BCUT2D eigenvalue weighted by Crippen LogP contribution is 2.03. The van der Waals surface area contributed by atoms with Crippen LogP contribution in [0.15, 0.2) is 0 Å². The Hall–Kier alpha value is -0.170. The molecule has 122 valence electrons. The number of hydrogen-bond acceptors (Lipinski definition) is 4. The standard InChI is InChI=1S/C14H33N3O2S/c1-6-8-15-9-7-12-20(18,19)16-10-11-17(13(2)3)14(4)5/h13-16H,6-12H2,1-5H3. The average Bonchev–Trinajstić information content (AvgIpc) is 2.33. The molecule has 0 atom stereocenters. The SMILES string of the molecule is CCCNCCCS(=O)(=O)NCCN(C(C)C)C(C)C. The number of nitrogens with one attached hydrogen (secondary N) is 2.